The first kappa shape index (κ1) is 26.2. The average Bonchev–Trinajstić information content (AvgIpc) is 3.54. The predicted molar refractivity (Wildman–Crippen MR) is 141 cm³/mol. The van der Waals surface area contributed by atoms with Crippen molar-refractivity contribution in [2.75, 3.05) is 39.4 Å². The van der Waals surface area contributed by atoms with Crippen LogP contribution in [-0.2, 0) is 4.74 Å². The molecule has 11 heteroatoms. The summed E-state index contributed by atoms with van der Waals surface area (Å²) in [5.74, 6) is 0.311. The second-order valence-corrected chi connectivity index (χ2v) is 9.75. The monoisotopic (exact) mass is 549 g/mol. The van der Waals surface area contributed by atoms with Gasteiger partial charge in [-0.2, -0.15) is 0 Å². The smallest absolute Gasteiger partial charge is 0.273 e. The van der Waals surface area contributed by atoms with Gasteiger partial charge in [-0.15, -0.1) is 11.3 Å². The Morgan fingerprint density at radius 1 is 1.11 bits per heavy atom. The van der Waals surface area contributed by atoms with E-state index < -0.39 is 5.91 Å². The fourth-order valence-electron chi connectivity index (χ4n) is 4.14. The lowest BCUT2D eigenvalue weighted by Crippen LogP contribution is -2.38. The number of thiazole rings is 1. The highest BCUT2D eigenvalue weighted by Crippen LogP contribution is 2.38. The summed E-state index contributed by atoms with van der Waals surface area (Å²) in [7, 11) is 4.66. The highest BCUT2D eigenvalue weighted by molar-refractivity contribution is 7.14. The first-order chi connectivity index (χ1) is 17.4. The second-order valence-electron chi connectivity index (χ2n) is 8.07. The minimum absolute atomic E-state index is 0.00380. The Kier molecular flexibility index (Phi) is 8.35. The zero-order valence-electron chi connectivity index (χ0n) is 20.0. The number of halogens is 2. The van der Waals surface area contributed by atoms with E-state index in [1.165, 1.54) is 36.5 Å². The fourth-order valence-corrected chi connectivity index (χ4v) is 5.45. The number of rotatable bonds is 8. The maximum atomic E-state index is 13.8. The summed E-state index contributed by atoms with van der Waals surface area (Å²) in [4.78, 5) is 34.8. The van der Waals surface area contributed by atoms with Crippen molar-refractivity contribution in [2.45, 2.75) is 18.9 Å². The number of benzene rings is 2. The number of hydrogen-bond acceptors (Lipinski definition) is 7. The van der Waals surface area contributed by atoms with Crippen molar-refractivity contribution in [1.82, 2.24) is 9.88 Å². The van der Waals surface area contributed by atoms with Crippen LogP contribution >= 0.6 is 34.5 Å². The quantitative estimate of drug-likeness (QED) is 0.358. The number of methoxy groups -OCH3 is 3. The summed E-state index contributed by atoms with van der Waals surface area (Å²) < 4.78 is 16.1. The first-order valence-electron chi connectivity index (χ1n) is 11.1. The average molecular weight is 550 g/mol. The molecule has 1 unspecified atom stereocenters. The highest BCUT2D eigenvalue weighted by atomic mass is 35.5. The molecule has 1 aliphatic heterocycles. The van der Waals surface area contributed by atoms with Gasteiger partial charge in [-0.25, -0.2) is 4.98 Å². The lowest BCUT2D eigenvalue weighted by molar-refractivity contribution is 0.0625. The number of anilines is 2. The molecule has 190 valence electrons. The van der Waals surface area contributed by atoms with Crippen LogP contribution in [0.1, 0.15) is 33.7 Å². The Labute approximate surface area is 223 Å². The van der Waals surface area contributed by atoms with Crippen molar-refractivity contribution < 1.29 is 23.8 Å². The van der Waals surface area contributed by atoms with Crippen LogP contribution < -0.4 is 14.4 Å². The van der Waals surface area contributed by atoms with Gasteiger partial charge < -0.3 is 19.1 Å². The molecule has 0 bridgehead atoms. The Bertz CT molecular complexity index is 1270. The number of amides is 2. The van der Waals surface area contributed by atoms with E-state index in [0.29, 0.717) is 40.5 Å². The summed E-state index contributed by atoms with van der Waals surface area (Å²) in [5, 5.41) is 2.58. The molecular formula is C25H25Cl2N3O5S. The summed E-state index contributed by atoms with van der Waals surface area (Å²) in [6.07, 6.45) is 1.78. The van der Waals surface area contributed by atoms with Crippen LogP contribution in [0, 0.1) is 0 Å². The molecule has 0 aliphatic carbocycles. The molecule has 0 spiro atoms. The van der Waals surface area contributed by atoms with E-state index in [0.717, 1.165) is 12.8 Å². The zero-order valence-corrected chi connectivity index (χ0v) is 22.3. The number of nitrogens with zero attached hydrogens (tertiary/aromatic N) is 3. The zero-order chi connectivity index (χ0) is 25.8. The van der Waals surface area contributed by atoms with E-state index in [9.17, 15) is 9.59 Å². The number of aromatic nitrogens is 1. The molecule has 0 saturated carbocycles. The van der Waals surface area contributed by atoms with Crippen LogP contribution in [0.4, 0.5) is 10.8 Å². The highest BCUT2D eigenvalue weighted by Gasteiger charge is 2.32. The van der Waals surface area contributed by atoms with Gasteiger partial charge >= 0.3 is 0 Å². The van der Waals surface area contributed by atoms with Gasteiger partial charge in [0.2, 0.25) is 0 Å². The van der Waals surface area contributed by atoms with Gasteiger partial charge in [0.05, 0.1) is 43.1 Å². The molecule has 0 radical (unpaired) electrons. The Hall–Kier alpha value is -2.85. The van der Waals surface area contributed by atoms with E-state index in [2.05, 4.69) is 4.98 Å². The van der Waals surface area contributed by atoms with Crippen LogP contribution in [0.3, 0.4) is 0 Å². The molecule has 8 nitrogen and oxygen atoms in total. The number of hydrogen-bond donors (Lipinski definition) is 0. The van der Waals surface area contributed by atoms with E-state index >= 15 is 0 Å². The van der Waals surface area contributed by atoms with Crippen LogP contribution in [0.15, 0.2) is 41.8 Å². The second kappa shape index (κ2) is 11.5. The predicted octanol–water partition coefficient (Wildman–Crippen LogP) is 5.70. The van der Waals surface area contributed by atoms with E-state index in [1.807, 2.05) is 0 Å². The molecule has 1 saturated heterocycles. The SMILES string of the molecule is COCC1CCCN1C(=O)c1csc(N(C(=O)c2ccc(Cl)cc2Cl)c2ccc(OC)c(OC)c2)n1. The van der Waals surface area contributed by atoms with Gasteiger partial charge in [-0.3, -0.25) is 14.5 Å². The third-order valence-corrected chi connectivity index (χ3v) is 7.26. The molecule has 1 aliphatic rings. The molecule has 4 rings (SSSR count). The van der Waals surface area contributed by atoms with E-state index in [-0.39, 0.29) is 28.2 Å². The van der Waals surface area contributed by atoms with Crippen molar-refractivity contribution in [3.63, 3.8) is 0 Å². The summed E-state index contributed by atoms with van der Waals surface area (Å²) in [6.45, 7) is 1.10. The largest absolute Gasteiger partial charge is 0.493 e. The van der Waals surface area contributed by atoms with Crippen LogP contribution in [0.25, 0.3) is 0 Å². The minimum atomic E-state index is -0.435. The van der Waals surface area contributed by atoms with E-state index in [1.54, 1.807) is 47.7 Å². The lowest BCUT2D eigenvalue weighted by Gasteiger charge is -2.23. The fraction of sp³-hybridized carbons (Fsp3) is 0.320. The van der Waals surface area contributed by atoms with Gasteiger partial charge in [0.1, 0.15) is 5.69 Å². The molecule has 2 heterocycles. The molecule has 1 atom stereocenters. The van der Waals surface area contributed by atoms with Crippen molar-refractivity contribution in [2.24, 2.45) is 0 Å². The van der Waals surface area contributed by atoms with Crippen molar-refractivity contribution in [3.8, 4) is 11.5 Å². The maximum Gasteiger partial charge on any atom is 0.273 e. The summed E-state index contributed by atoms with van der Waals surface area (Å²) in [6, 6.07) is 9.72. The Morgan fingerprint density at radius 2 is 1.89 bits per heavy atom. The normalized spacial score (nSPS) is 15.1. The van der Waals surface area contributed by atoms with E-state index in [4.69, 9.17) is 37.4 Å². The topological polar surface area (TPSA) is 81.2 Å². The molecule has 2 aromatic carbocycles. The lowest BCUT2D eigenvalue weighted by atomic mass is 10.1. The van der Waals surface area contributed by atoms with Crippen LogP contribution in [-0.4, -0.2) is 62.2 Å². The third kappa shape index (κ3) is 5.29. The molecule has 2 amide bonds. The number of ether oxygens (including phenoxy) is 3. The molecular weight excluding hydrogens is 525 g/mol. The van der Waals surface area contributed by atoms with Crippen molar-refractivity contribution >= 4 is 57.2 Å². The number of carbonyl (C=O) groups is 2. The van der Waals surface area contributed by atoms with Gasteiger partial charge in [-0.05, 0) is 43.2 Å². The van der Waals surface area contributed by atoms with Gasteiger partial charge in [0.15, 0.2) is 16.6 Å². The van der Waals surface area contributed by atoms with Gasteiger partial charge in [0, 0.05) is 30.1 Å². The standard InChI is InChI=1S/C25H25Cl2N3O5S/c1-33-13-17-5-4-10-29(17)24(32)20-14-36-25(28-20)30(16-7-9-21(34-2)22(12-16)35-3)23(31)18-8-6-15(26)11-19(18)27/h6-9,11-12,14,17H,4-5,10,13H2,1-3H3. The number of likely N-dealkylation sites (tertiary alicyclic amines) is 1. The minimum Gasteiger partial charge on any atom is -0.493 e. The molecule has 0 N–H and O–H groups in total. The van der Waals surface area contributed by atoms with Crippen molar-refractivity contribution in [3.05, 3.63) is 63.1 Å². The van der Waals surface area contributed by atoms with Crippen LogP contribution in [0.2, 0.25) is 10.0 Å². The van der Waals surface area contributed by atoms with Crippen LogP contribution in [0.5, 0.6) is 11.5 Å². The first-order valence-corrected chi connectivity index (χ1v) is 12.8. The van der Waals surface area contributed by atoms with Gasteiger partial charge in [0.25, 0.3) is 11.8 Å². The maximum absolute atomic E-state index is 13.8. The summed E-state index contributed by atoms with van der Waals surface area (Å²) in [5.41, 5.74) is 0.965. The molecule has 3 aromatic rings. The molecule has 36 heavy (non-hydrogen) atoms. The Balaban J connectivity index is 1.75. The third-order valence-electron chi connectivity index (χ3n) is 5.89. The van der Waals surface area contributed by atoms with Gasteiger partial charge in [-0.1, -0.05) is 23.2 Å². The van der Waals surface area contributed by atoms with Crippen molar-refractivity contribution in [1.29, 1.82) is 0 Å². The molecule has 1 fully saturated rings. The Morgan fingerprint density at radius 3 is 2.58 bits per heavy atom. The summed E-state index contributed by atoms with van der Waals surface area (Å²) >= 11 is 13.6. The molecule has 1 aromatic heterocycles. The number of carbonyl (C=O) groups excluding carboxylic acids is 2.